The Bertz CT molecular complexity index is 310. The molecule has 0 aliphatic carbocycles. The molecular formula is C14H25NOS. The molecule has 0 aliphatic heterocycles. The van der Waals surface area contributed by atoms with E-state index in [0.717, 1.165) is 32.4 Å². The van der Waals surface area contributed by atoms with Gasteiger partial charge in [-0.05, 0) is 31.4 Å². The number of thiophene rings is 1. The van der Waals surface area contributed by atoms with E-state index in [1.54, 1.807) is 0 Å². The zero-order valence-electron chi connectivity index (χ0n) is 11.3. The minimum Gasteiger partial charge on any atom is -0.396 e. The van der Waals surface area contributed by atoms with E-state index in [0.29, 0.717) is 0 Å². The lowest BCUT2D eigenvalue weighted by molar-refractivity contribution is 0.113. The van der Waals surface area contributed by atoms with Gasteiger partial charge in [-0.3, -0.25) is 0 Å². The second kappa shape index (κ2) is 7.14. The number of aryl methyl sites for hydroxylation is 1. The van der Waals surface area contributed by atoms with E-state index in [1.165, 1.54) is 9.75 Å². The summed E-state index contributed by atoms with van der Waals surface area (Å²) in [5, 5.41) is 13.0. The van der Waals surface area contributed by atoms with Crippen LogP contribution in [0.5, 0.6) is 0 Å². The molecule has 2 N–H and O–H groups in total. The SMILES string of the molecule is CCc1ccc(CNCC(CC)(CC)CO)s1. The topological polar surface area (TPSA) is 32.3 Å². The third-order valence-corrected chi connectivity index (χ3v) is 4.93. The molecule has 17 heavy (non-hydrogen) atoms. The number of hydrogen-bond donors (Lipinski definition) is 2. The average Bonchev–Trinajstić information content (AvgIpc) is 2.83. The molecule has 0 unspecified atom stereocenters. The normalized spacial score (nSPS) is 12.0. The lowest BCUT2D eigenvalue weighted by atomic mass is 9.83. The second-order valence-electron chi connectivity index (χ2n) is 4.69. The fourth-order valence-corrected chi connectivity index (χ4v) is 2.87. The molecule has 3 heteroatoms. The largest absolute Gasteiger partial charge is 0.396 e. The molecule has 0 saturated heterocycles. The van der Waals surface area contributed by atoms with Crippen LogP contribution in [0, 0.1) is 5.41 Å². The minimum atomic E-state index is 0.0604. The molecule has 1 rings (SSSR count). The first-order valence-electron chi connectivity index (χ1n) is 6.58. The van der Waals surface area contributed by atoms with Gasteiger partial charge in [-0.1, -0.05) is 20.8 Å². The van der Waals surface area contributed by atoms with Crippen LogP contribution in [0.25, 0.3) is 0 Å². The van der Waals surface area contributed by atoms with Gasteiger partial charge in [0.15, 0.2) is 0 Å². The van der Waals surface area contributed by atoms with Crippen molar-refractivity contribution in [2.24, 2.45) is 5.41 Å². The Balaban J connectivity index is 2.40. The van der Waals surface area contributed by atoms with Crippen molar-refractivity contribution >= 4 is 11.3 Å². The standard InChI is InChI=1S/C14H25NOS/c1-4-12-7-8-13(17-12)9-15-10-14(5-2,6-3)11-16/h7-8,15-16H,4-6,9-11H2,1-3H3. The highest BCUT2D eigenvalue weighted by Crippen LogP contribution is 2.25. The number of aliphatic hydroxyl groups is 1. The zero-order valence-corrected chi connectivity index (χ0v) is 12.1. The van der Waals surface area contributed by atoms with Gasteiger partial charge in [-0.15, -0.1) is 11.3 Å². The number of hydrogen-bond acceptors (Lipinski definition) is 3. The van der Waals surface area contributed by atoms with Gasteiger partial charge in [0, 0.05) is 34.9 Å². The molecular weight excluding hydrogens is 230 g/mol. The number of rotatable bonds is 8. The fourth-order valence-electron chi connectivity index (χ4n) is 1.94. The van der Waals surface area contributed by atoms with E-state index >= 15 is 0 Å². The molecule has 0 fully saturated rings. The van der Waals surface area contributed by atoms with Crippen molar-refractivity contribution < 1.29 is 5.11 Å². The predicted molar refractivity (Wildman–Crippen MR) is 75.5 cm³/mol. The summed E-state index contributed by atoms with van der Waals surface area (Å²) in [6.45, 7) is 8.59. The van der Waals surface area contributed by atoms with Crippen LogP contribution in [0.4, 0.5) is 0 Å². The van der Waals surface area contributed by atoms with E-state index < -0.39 is 0 Å². The van der Waals surface area contributed by atoms with Crippen LogP contribution in [-0.2, 0) is 13.0 Å². The van der Waals surface area contributed by atoms with Crippen LogP contribution in [0.2, 0.25) is 0 Å². The number of nitrogens with one attached hydrogen (secondary N) is 1. The molecule has 98 valence electrons. The maximum atomic E-state index is 9.48. The van der Waals surface area contributed by atoms with E-state index in [1.807, 2.05) is 11.3 Å². The second-order valence-corrected chi connectivity index (χ2v) is 5.94. The van der Waals surface area contributed by atoms with Crippen LogP contribution >= 0.6 is 11.3 Å². The van der Waals surface area contributed by atoms with E-state index in [2.05, 4.69) is 38.2 Å². The molecule has 0 bridgehead atoms. The molecule has 0 spiro atoms. The van der Waals surface area contributed by atoms with Crippen molar-refractivity contribution in [1.29, 1.82) is 0 Å². The van der Waals surface area contributed by atoms with Crippen molar-refractivity contribution in [1.82, 2.24) is 5.32 Å². The fraction of sp³-hybridized carbons (Fsp3) is 0.714. The quantitative estimate of drug-likeness (QED) is 0.747. The Morgan fingerprint density at radius 1 is 1.18 bits per heavy atom. The van der Waals surface area contributed by atoms with E-state index in [-0.39, 0.29) is 12.0 Å². The van der Waals surface area contributed by atoms with Crippen LogP contribution in [-0.4, -0.2) is 18.3 Å². The van der Waals surface area contributed by atoms with Gasteiger partial charge in [-0.2, -0.15) is 0 Å². The highest BCUT2D eigenvalue weighted by molar-refractivity contribution is 7.11. The van der Waals surface area contributed by atoms with Crippen molar-refractivity contribution in [3.05, 3.63) is 21.9 Å². The lowest BCUT2D eigenvalue weighted by Crippen LogP contribution is -2.36. The van der Waals surface area contributed by atoms with Crippen LogP contribution < -0.4 is 5.32 Å². The van der Waals surface area contributed by atoms with Crippen LogP contribution in [0.3, 0.4) is 0 Å². The Kier molecular flexibility index (Phi) is 6.17. The predicted octanol–water partition coefficient (Wildman–Crippen LogP) is 3.20. The van der Waals surface area contributed by atoms with Gasteiger partial charge in [0.25, 0.3) is 0 Å². The maximum Gasteiger partial charge on any atom is 0.0499 e. The van der Waals surface area contributed by atoms with Gasteiger partial charge < -0.3 is 10.4 Å². The summed E-state index contributed by atoms with van der Waals surface area (Å²) < 4.78 is 0. The molecule has 1 aromatic heterocycles. The maximum absolute atomic E-state index is 9.48. The minimum absolute atomic E-state index is 0.0604. The first-order valence-corrected chi connectivity index (χ1v) is 7.40. The van der Waals surface area contributed by atoms with Crippen molar-refractivity contribution in [2.45, 2.75) is 46.6 Å². The lowest BCUT2D eigenvalue weighted by Gasteiger charge is -2.29. The van der Waals surface area contributed by atoms with E-state index in [4.69, 9.17) is 0 Å². The molecule has 0 amide bonds. The summed E-state index contributed by atoms with van der Waals surface area (Å²) in [5.41, 5.74) is 0.0604. The smallest absolute Gasteiger partial charge is 0.0499 e. The molecule has 1 aromatic rings. The van der Waals surface area contributed by atoms with Gasteiger partial charge in [-0.25, -0.2) is 0 Å². The van der Waals surface area contributed by atoms with Gasteiger partial charge >= 0.3 is 0 Å². The van der Waals surface area contributed by atoms with Crippen molar-refractivity contribution in [3.63, 3.8) is 0 Å². The summed E-state index contributed by atoms with van der Waals surface area (Å²) in [7, 11) is 0. The summed E-state index contributed by atoms with van der Waals surface area (Å²) in [6.07, 6.45) is 3.17. The van der Waals surface area contributed by atoms with Crippen molar-refractivity contribution in [3.8, 4) is 0 Å². The Morgan fingerprint density at radius 2 is 1.82 bits per heavy atom. The zero-order chi connectivity index (χ0) is 12.7. The molecule has 0 aliphatic rings. The van der Waals surface area contributed by atoms with Crippen LogP contribution in [0.1, 0.15) is 43.4 Å². The monoisotopic (exact) mass is 255 g/mol. The summed E-state index contributed by atoms with van der Waals surface area (Å²) in [5.74, 6) is 0. The Labute approximate surface area is 109 Å². The van der Waals surface area contributed by atoms with Gasteiger partial charge in [0.2, 0.25) is 0 Å². The summed E-state index contributed by atoms with van der Waals surface area (Å²) in [6, 6.07) is 4.41. The molecule has 0 saturated carbocycles. The molecule has 1 heterocycles. The first kappa shape index (κ1) is 14.7. The third kappa shape index (κ3) is 4.09. The van der Waals surface area contributed by atoms with Gasteiger partial charge in [0.05, 0.1) is 0 Å². The summed E-state index contributed by atoms with van der Waals surface area (Å²) >= 11 is 1.88. The Hall–Kier alpha value is -0.380. The average molecular weight is 255 g/mol. The molecule has 2 nitrogen and oxygen atoms in total. The number of aliphatic hydroxyl groups excluding tert-OH is 1. The summed E-state index contributed by atoms with van der Waals surface area (Å²) in [4.78, 5) is 2.84. The van der Waals surface area contributed by atoms with E-state index in [9.17, 15) is 5.11 Å². The van der Waals surface area contributed by atoms with Crippen LogP contribution in [0.15, 0.2) is 12.1 Å². The molecule has 0 aromatic carbocycles. The first-order chi connectivity index (χ1) is 8.19. The third-order valence-electron chi connectivity index (χ3n) is 3.70. The van der Waals surface area contributed by atoms with Gasteiger partial charge in [0.1, 0.15) is 0 Å². The molecule has 0 radical (unpaired) electrons. The highest BCUT2D eigenvalue weighted by atomic mass is 32.1. The highest BCUT2D eigenvalue weighted by Gasteiger charge is 2.24. The molecule has 0 atom stereocenters. The van der Waals surface area contributed by atoms with Crippen molar-refractivity contribution in [2.75, 3.05) is 13.2 Å². The Morgan fingerprint density at radius 3 is 2.29 bits per heavy atom.